The zero-order valence-corrected chi connectivity index (χ0v) is 5.97. The van der Waals surface area contributed by atoms with Crippen LogP contribution in [0.2, 0.25) is 0 Å². The van der Waals surface area contributed by atoms with Crippen molar-refractivity contribution in [3.05, 3.63) is 0 Å². The van der Waals surface area contributed by atoms with Gasteiger partial charge in [-0.2, -0.15) is 0 Å². The summed E-state index contributed by atoms with van der Waals surface area (Å²) in [5.74, 6) is -0.0524. The number of nitrogens with zero attached hydrogens (tertiary/aromatic N) is 1. The zero-order chi connectivity index (χ0) is 7.28. The lowest BCUT2D eigenvalue weighted by atomic mass is 10.3. The number of carbonyl (C=O) groups excluding carboxylic acids is 1. The van der Waals surface area contributed by atoms with Gasteiger partial charge in [0.2, 0.25) is 0 Å². The van der Waals surface area contributed by atoms with Crippen LogP contribution in [0, 0.1) is 0 Å². The van der Waals surface area contributed by atoms with Crippen LogP contribution in [-0.2, 0) is 9.63 Å². The van der Waals surface area contributed by atoms with Crippen LogP contribution in [0.25, 0.3) is 0 Å². The lowest BCUT2D eigenvalue weighted by Gasteiger charge is -1.92. The summed E-state index contributed by atoms with van der Waals surface area (Å²) in [5.41, 5.74) is 0.414. The minimum Gasteiger partial charge on any atom is -0.396 e. The lowest BCUT2D eigenvalue weighted by Crippen LogP contribution is -2.04. The van der Waals surface area contributed by atoms with E-state index in [4.69, 9.17) is 0 Å². The molecule has 0 rings (SSSR count). The Labute approximate surface area is 54.7 Å². The summed E-state index contributed by atoms with van der Waals surface area (Å²) in [5, 5.41) is 3.51. The second-order valence-corrected chi connectivity index (χ2v) is 1.65. The molecule has 0 aromatic rings. The molecule has 0 saturated heterocycles. The Morgan fingerprint density at radius 1 is 1.56 bits per heavy atom. The van der Waals surface area contributed by atoms with E-state index in [0.29, 0.717) is 12.3 Å². The van der Waals surface area contributed by atoms with Gasteiger partial charge in [0, 0.05) is 6.92 Å². The second-order valence-electron chi connectivity index (χ2n) is 1.65. The Morgan fingerprint density at radius 3 is 2.44 bits per heavy atom. The van der Waals surface area contributed by atoms with E-state index >= 15 is 0 Å². The normalized spacial score (nSPS) is 11.2. The molecule has 0 spiro atoms. The second kappa shape index (κ2) is 4.06. The molecule has 0 amide bonds. The molecule has 0 aromatic carbocycles. The molecule has 9 heavy (non-hydrogen) atoms. The van der Waals surface area contributed by atoms with Gasteiger partial charge in [0.1, 0.15) is 12.3 Å². The van der Waals surface area contributed by atoms with Gasteiger partial charge in [-0.15, -0.1) is 0 Å². The van der Waals surface area contributed by atoms with Crippen molar-refractivity contribution in [2.75, 3.05) is 6.61 Å². The van der Waals surface area contributed by atoms with E-state index in [9.17, 15) is 4.79 Å². The number of hydrogen-bond donors (Lipinski definition) is 0. The minimum atomic E-state index is -0.0524. The highest BCUT2D eigenvalue weighted by atomic mass is 16.6. The van der Waals surface area contributed by atoms with Gasteiger partial charge in [-0.25, -0.2) is 0 Å². The average Bonchev–Trinajstić information content (AvgIpc) is 1.82. The van der Waals surface area contributed by atoms with Crippen molar-refractivity contribution < 1.29 is 9.63 Å². The van der Waals surface area contributed by atoms with Crippen LogP contribution in [0.15, 0.2) is 5.16 Å². The van der Waals surface area contributed by atoms with Crippen molar-refractivity contribution in [2.45, 2.75) is 20.8 Å². The molecule has 0 radical (unpaired) electrons. The monoisotopic (exact) mass is 129 g/mol. The topological polar surface area (TPSA) is 38.7 Å². The molecule has 0 bridgehead atoms. The third kappa shape index (κ3) is 3.70. The molecule has 0 atom stereocenters. The molecule has 3 heteroatoms. The van der Waals surface area contributed by atoms with Crippen LogP contribution >= 0.6 is 0 Å². The third-order valence-electron chi connectivity index (χ3n) is 0.840. The van der Waals surface area contributed by atoms with Crippen LogP contribution < -0.4 is 0 Å². The molecule has 0 unspecified atom stereocenters. The first-order valence-electron chi connectivity index (χ1n) is 2.86. The zero-order valence-electron chi connectivity index (χ0n) is 5.97. The van der Waals surface area contributed by atoms with Crippen molar-refractivity contribution in [2.24, 2.45) is 5.16 Å². The van der Waals surface area contributed by atoms with Crippen molar-refractivity contribution in [3.8, 4) is 0 Å². The largest absolute Gasteiger partial charge is 0.396 e. The average molecular weight is 129 g/mol. The van der Waals surface area contributed by atoms with E-state index in [1.807, 2.05) is 6.92 Å². The highest BCUT2D eigenvalue weighted by molar-refractivity contribution is 6.37. The highest BCUT2D eigenvalue weighted by Crippen LogP contribution is 1.81. The number of Topliss-reactive ketones (excluding diaryl/α,β-unsaturated/α-hetero) is 1. The lowest BCUT2D eigenvalue weighted by molar-refractivity contribution is -0.111. The van der Waals surface area contributed by atoms with E-state index in [1.165, 1.54) is 6.92 Å². The number of ketones is 1. The first-order chi connectivity index (χ1) is 4.18. The standard InChI is InChI=1S/C6H11NO2/c1-4-9-7-5(2)6(3)8/h4H2,1-3H3. The Bertz CT molecular complexity index is 129. The predicted molar refractivity (Wildman–Crippen MR) is 35.4 cm³/mol. The Hall–Kier alpha value is -0.860. The van der Waals surface area contributed by atoms with Gasteiger partial charge in [0.25, 0.3) is 0 Å². The van der Waals surface area contributed by atoms with E-state index < -0.39 is 0 Å². The fourth-order valence-corrected chi connectivity index (χ4v) is 0.226. The molecular formula is C6H11NO2. The maximum atomic E-state index is 10.4. The molecule has 0 aliphatic rings. The number of rotatable bonds is 3. The van der Waals surface area contributed by atoms with Crippen molar-refractivity contribution >= 4 is 11.5 Å². The fraction of sp³-hybridized carbons (Fsp3) is 0.667. The molecule has 0 N–H and O–H groups in total. The van der Waals surface area contributed by atoms with Gasteiger partial charge in [-0.3, -0.25) is 4.79 Å². The summed E-state index contributed by atoms with van der Waals surface area (Å²) < 4.78 is 0. The summed E-state index contributed by atoms with van der Waals surface area (Å²) in [6.45, 7) is 5.40. The molecule has 0 heterocycles. The van der Waals surface area contributed by atoms with Crippen molar-refractivity contribution in [3.63, 3.8) is 0 Å². The first-order valence-corrected chi connectivity index (χ1v) is 2.86. The summed E-state index contributed by atoms with van der Waals surface area (Å²) in [6.07, 6.45) is 0. The van der Waals surface area contributed by atoms with Crippen LogP contribution in [0.1, 0.15) is 20.8 Å². The Kier molecular flexibility index (Phi) is 3.67. The fourth-order valence-electron chi connectivity index (χ4n) is 0.226. The van der Waals surface area contributed by atoms with Gasteiger partial charge in [-0.1, -0.05) is 5.16 Å². The van der Waals surface area contributed by atoms with Gasteiger partial charge >= 0.3 is 0 Å². The van der Waals surface area contributed by atoms with Gasteiger partial charge in [-0.05, 0) is 13.8 Å². The van der Waals surface area contributed by atoms with Crippen LogP contribution in [-0.4, -0.2) is 18.1 Å². The predicted octanol–water partition coefficient (Wildman–Crippen LogP) is 0.988. The molecule has 0 aliphatic heterocycles. The van der Waals surface area contributed by atoms with Gasteiger partial charge in [0.05, 0.1) is 0 Å². The van der Waals surface area contributed by atoms with E-state index in [0.717, 1.165) is 0 Å². The van der Waals surface area contributed by atoms with Gasteiger partial charge in [0.15, 0.2) is 5.78 Å². The molecule has 0 aromatic heterocycles. The number of carbonyl (C=O) groups is 1. The van der Waals surface area contributed by atoms with E-state index in [1.54, 1.807) is 6.92 Å². The SMILES string of the molecule is CCON=C(C)C(C)=O. The molecule has 0 fully saturated rings. The third-order valence-corrected chi connectivity index (χ3v) is 0.840. The molecule has 3 nitrogen and oxygen atoms in total. The van der Waals surface area contributed by atoms with Crippen LogP contribution in [0.3, 0.4) is 0 Å². The van der Waals surface area contributed by atoms with Gasteiger partial charge < -0.3 is 4.84 Å². The van der Waals surface area contributed by atoms with E-state index in [-0.39, 0.29) is 5.78 Å². The minimum absolute atomic E-state index is 0.0524. The van der Waals surface area contributed by atoms with Crippen molar-refractivity contribution in [1.29, 1.82) is 0 Å². The summed E-state index contributed by atoms with van der Waals surface area (Å²) in [7, 11) is 0. The quantitative estimate of drug-likeness (QED) is 0.421. The Balaban J connectivity index is 3.69. The molecule has 0 aliphatic carbocycles. The Morgan fingerprint density at radius 2 is 2.11 bits per heavy atom. The maximum Gasteiger partial charge on any atom is 0.177 e. The highest BCUT2D eigenvalue weighted by Gasteiger charge is 1.95. The molecule has 52 valence electrons. The summed E-state index contributed by atoms with van der Waals surface area (Å²) >= 11 is 0. The summed E-state index contributed by atoms with van der Waals surface area (Å²) in [6, 6.07) is 0. The number of hydrogen-bond acceptors (Lipinski definition) is 3. The van der Waals surface area contributed by atoms with Crippen LogP contribution in [0.5, 0.6) is 0 Å². The molecular weight excluding hydrogens is 118 g/mol. The number of oxime groups is 1. The molecule has 0 saturated carbocycles. The van der Waals surface area contributed by atoms with Crippen molar-refractivity contribution in [1.82, 2.24) is 0 Å². The first kappa shape index (κ1) is 8.14. The van der Waals surface area contributed by atoms with E-state index in [2.05, 4.69) is 9.99 Å². The smallest absolute Gasteiger partial charge is 0.177 e. The maximum absolute atomic E-state index is 10.4. The van der Waals surface area contributed by atoms with Crippen LogP contribution in [0.4, 0.5) is 0 Å². The summed E-state index contributed by atoms with van der Waals surface area (Å²) in [4.78, 5) is 15.1.